The second kappa shape index (κ2) is 7.20. The quantitative estimate of drug-likeness (QED) is 0.875. The first-order chi connectivity index (χ1) is 9.58. The fourth-order valence-corrected chi connectivity index (χ4v) is 2.22. The molecular weight excluding hydrogens is 279 g/mol. The van der Waals surface area contributed by atoms with Crippen LogP contribution in [0.1, 0.15) is 43.5 Å². The highest BCUT2D eigenvalue weighted by Crippen LogP contribution is 2.21. The Labute approximate surface area is 124 Å². The van der Waals surface area contributed by atoms with E-state index in [1.165, 1.54) is 0 Å². The van der Waals surface area contributed by atoms with Crippen LogP contribution in [0.2, 0.25) is 0 Å². The number of aryl methyl sites for hydroxylation is 2. The lowest BCUT2D eigenvalue weighted by atomic mass is 9.98. The number of nitrogens with zero attached hydrogens (tertiary/aromatic N) is 2. The van der Waals surface area contributed by atoms with E-state index in [0.29, 0.717) is 23.3 Å². The summed E-state index contributed by atoms with van der Waals surface area (Å²) in [6.07, 6.45) is -4.57. The van der Waals surface area contributed by atoms with Crippen LogP contribution >= 0.6 is 0 Å². The Hall–Kier alpha value is -1.17. The molecule has 0 saturated heterocycles. The van der Waals surface area contributed by atoms with Gasteiger partial charge in [-0.25, -0.2) is 9.97 Å². The molecule has 0 aliphatic rings. The van der Waals surface area contributed by atoms with Crippen LogP contribution in [-0.4, -0.2) is 28.7 Å². The van der Waals surface area contributed by atoms with Crippen LogP contribution in [-0.2, 0) is 12.8 Å². The fraction of sp³-hybridized carbons (Fsp3) is 0.733. The zero-order valence-electron chi connectivity index (χ0n) is 13.3. The summed E-state index contributed by atoms with van der Waals surface area (Å²) in [5.41, 5.74) is 2.26. The van der Waals surface area contributed by atoms with Crippen molar-refractivity contribution in [1.82, 2.24) is 15.3 Å². The first-order valence-corrected chi connectivity index (χ1v) is 7.21. The molecule has 0 amide bonds. The van der Waals surface area contributed by atoms with Crippen LogP contribution in [0.5, 0.6) is 0 Å². The molecule has 1 heterocycles. The molecule has 0 aliphatic heterocycles. The van der Waals surface area contributed by atoms with Gasteiger partial charge in [-0.2, -0.15) is 13.2 Å². The molecule has 0 saturated carbocycles. The Kier molecular flexibility index (Phi) is 6.13. The van der Waals surface area contributed by atoms with Crippen LogP contribution in [0.3, 0.4) is 0 Å². The van der Waals surface area contributed by atoms with Crippen molar-refractivity contribution in [1.29, 1.82) is 0 Å². The summed E-state index contributed by atoms with van der Waals surface area (Å²) < 4.78 is 37.2. The normalized spacial score (nSPS) is 13.8. The monoisotopic (exact) mass is 303 g/mol. The number of aromatic nitrogens is 2. The highest BCUT2D eigenvalue weighted by molar-refractivity contribution is 5.25. The summed E-state index contributed by atoms with van der Waals surface area (Å²) in [6, 6.07) is 0.417. The van der Waals surface area contributed by atoms with Gasteiger partial charge in [0.1, 0.15) is 12.2 Å². The summed E-state index contributed by atoms with van der Waals surface area (Å²) in [5, 5.41) is 3.36. The van der Waals surface area contributed by atoms with Crippen molar-refractivity contribution >= 4 is 0 Å². The average Bonchev–Trinajstić information content (AvgIpc) is 2.29. The van der Waals surface area contributed by atoms with Crippen LogP contribution in [0, 0.1) is 19.8 Å². The molecule has 6 heteroatoms. The lowest BCUT2D eigenvalue weighted by Gasteiger charge is -2.17. The molecule has 1 aromatic rings. The maximum Gasteiger partial charge on any atom is 0.396 e. The number of halogens is 3. The van der Waals surface area contributed by atoms with Gasteiger partial charge in [-0.3, -0.25) is 0 Å². The van der Waals surface area contributed by atoms with Crippen molar-refractivity contribution in [2.45, 2.75) is 59.7 Å². The molecule has 3 nitrogen and oxygen atoms in total. The molecule has 0 spiro atoms. The van der Waals surface area contributed by atoms with Gasteiger partial charge in [0.05, 0.1) is 0 Å². The molecule has 21 heavy (non-hydrogen) atoms. The number of rotatable bonds is 6. The van der Waals surface area contributed by atoms with Gasteiger partial charge in [-0.15, -0.1) is 0 Å². The van der Waals surface area contributed by atoms with E-state index in [9.17, 15) is 13.2 Å². The zero-order chi connectivity index (χ0) is 16.2. The first-order valence-electron chi connectivity index (χ1n) is 7.21. The Balaban J connectivity index is 2.80. The topological polar surface area (TPSA) is 37.8 Å². The summed E-state index contributed by atoms with van der Waals surface area (Å²) in [6.45, 7) is 10.6. The zero-order valence-corrected chi connectivity index (χ0v) is 13.3. The van der Waals surface area contributed by atoms with Crippen LogP contribution in [0.15, 0.2) is 0 Å². The minimum absolute atomic E-state index is 0.144. The highest BCUT2D eigenvalue weighted by Gasteiger charge is 2.29. The largest absolute Gasteiger partial charge is 0.396 e. The van der Waals surface area contributed by atoms with E-state index in [1.807, 2.05) is 0 Å². The highest BCUT2D eigenvalue weighted by atomic mass is 19.4. The van der Waals surface area contributed by atoms with Gasteiger partial charge in [0.2, 0.25) is 0 Å². The molecule has 0 aliphatic carbocycles. The Morgan fingerprint density at radius 3 is 2.00 bits per heavy atom. The Bertz CT molecular complexity index is 447. The molecule has 1 unspecified atom stereocenters. The smallest absolute Gasteiger partial charge is 0.314 e. The predicted molar refractivity (Wildman–Crippen MR) is 77.3 cm³/mol. The summed E-state index contributed by atoms with van der Waals surface area (Å²) in [5.74, 6) is 0.232. The van der Waals surface area contributed by atoms with E-state index >= 15 is 0 Å². The fourth-order valence-electron chi connectivity index (χ4n) is 2.22. The molecule has 0 radical (unpaired) electrons. The van der Waals surface area contributed by atoms with E-state index in [0.717, 1.165) is 18.5 Å². The molecule has 0 aromatic carbocycles. The van der Waals surface area contributed by atoms with Gasteiger partial charge >= 0.3 is 6.18 Å². The SMILES string of the molecule is Cc1nc(CC(F)(F)F)nc(C)c1CC(C)CNC(C)C. The van der Waals surface area contributed by atoms with E-state index in [4.69, 9.17) is 0 Å². The maximum atomic E-state index is 12.4. The van der Waals surface area contributed by atoms with E-state index in [1.54, 1.807) is 13.8 Å². The van der Waals surface area contributed by atoms with E-state index in [-0.39, 0.29) is 5.82 Å². The van der Waals surface area contributed by atoms with E-state index in [2.05, 4.69) is 36.1 Å². The maximum absolute atomic E-state index is 12.4. The van der Waals surface area contributed by atoms with Gasteiger partial charge < -0.3 is 5.32 Å². The Morgan fingerprint density at radius 2 is 1.57 bits per heavy atom. The molecule has 0 fully saturated rings. The van der Waals surface area contributed by atoms with E-state index < -0.39 is 12.6 Å². The standard InChI is InChI=1S/C15H24F3N3/c1-9(2)19-8-10(3)6-13-11(4)20-14(21-12(13)5)7-15(16,17)18/h9-10,19H,6-8H2,1-5H3. The summed E-state index contributed by atoms with van der Waals surface area (Å²) >= 11 is 0. The van der Waals surface area contributed by atoms with Crippen LogP contribution < -0.4 is 5.32 Å². The first kappa shape index (κ1) is 17.9. The van der Waals surface area contributed by atoms with Crippen molar-refractivity contribution in [3.8, 4) is 0 Å². The van der Waals surface area contributed by atoms with Gasteiger partial charge in [-0.05, 0) is 38.3 Å². The molecular formula is C15H24F3N3. The molecule has 120 valence electrons. The Morgan fingerprint density at radius 1 is 1.05 bits per heavy atom. The van der Waals surface area contributed by atoms with Gasteiger partial charge in [-0.1, -0.05) is 20.8 Å². The predicted octanol–water partition coefficient (Wildman–Crippen LogP) is 3.37. The van der Waals surface area contributed by atoms with Crippen LogP contribution in [0.25, 0.3) is 0 Å². The minimum Gasteiger partial charge on any atom is -0.314 e. The van der Waals surface area contributed by atoms with Gasteiger partial charge in [0.25, 0.3) is 0 Å². The number of hydrogen-bond acceptors (Lipinski definition) is 3. The average molecular weight is 303 g/mol. The lowest BCUT2D eigenvalue weighted by molar-refractivity contribution is -0.128. The molecule has 1 atom stereocenters. The van der Waals surface area contributed by atoms with Crippen molar-refractivity contribution in [3.63, 3.8) is 0 Å². The van der Waals surface area contributed by atoms with Gasteiger partial charge in [0, 0.05) is 17.4 Å². The third-order valence-corrected chi connectivity index (χ3v) is 3.25. The van der Waals surface area contributed by atoms with Crippen LogP contribution in [0.4, 0.5) is 13.2 Å². The number of hydrogen-bond donors (Lipinski definition) is 1. The molecule has 1 aromatic heterocycles. The summed E-state index contributed by atoms with van der Waals surface area (Å²) in [7, 11) is 0. The molecule has 0 bridgehead atoms. The number of nitrogens with one attached hydrogen (secondary N) is 1. The van der Waals surface area contributed by atoms with Gasteiger partial charge in [0.15, 0.2) is 0 Å². The second-order valence-corrected chi connectivity index (χ2v) is 5.95. The molecule has 1 rings (SSSR count). The van der Waals surface area contributed by atoms with Crippen molar-refractivity contribution in [2.24, 2.45) is 5.92 Å². The van der Waals surface area contributed by atoms with Crippen molar-refractivity contribution in [2.75, 3.05) is 6.54 Å². The number of alkyl halides is 3. The third-order valence-electron chi connectivity index (χ3n) is 3.25. The van der Waals surface area contributed by atoms with Crippen molar-refractivity contribution < 1.29 is 13.2 Å². The second-order valence-electron chi connectivity index (χ2n) is 5.95. The summed E-state index contributed by atoms with van der Waals surface area (Å²) in [4.78, 5) is 8.03. The lowest BCUT2D eigenvalue weighted by Crippen LogP contribution is -2.29. The van der Waals surface area contributed by atoms with Crippen molar-refractivity contribution in [3.05, 3.63) is 22.8 Å². The molecule has 1 N–H and O–H groups in total. The minimum atomic E-state index is -4.27. The third kappa shape index (κ3) is 6.42.